The summed E-state index contributed by atoms with van der Waals surface area (Å²) in [5, 5.41) is 3.36. The molecular weight excluding hydrogens is 280 g/mol. The molecule has 6 heteroatoms. The largest absolute Gasteiger partial charge is 0.459 e. The standard InChI is InChI=1S/C16H20N4O2/c1-11(2)19-15-12-5-7-20(8-6-13(12)17-10-18-15)16(21)14-4-3-9-22-14/h3-4,9-11H,5-8H2,1-2H3,(H,17,18,19). The third kappa shape index (κ3) is 2.95. The summed E-state index contributed by atoms with van der Waals surface area (Å²) in [6.45, 7) is 5.45. The zero-order chi connectivity index (χ0) is 15.5. The van der Waals surface area contributed by atoms with Crippen LogP contribution >= 0.6 is 0 Å². The van der Waals surface area contributed by atoms with Crippen LogP contribution in [0, 0.1) is 0 Å². The molecule has 116 valence electrons. The van der Waals surface area contributed by atoms with E-state index in [2.05, 4.69) is 29.1 Å². The van der Waals surface area contributed by atoms with Crippen LogP contribution in [-0.2, 0) is 12.8 Å². The summed E-state index contributed by atoms with van der Waals surface area (Å²) in [6, 6.07) is 3.74. The van der Waals surface area contributed by atoms with Crippen molar-refractivity contribution in [2.45, 2.75) is 32.7 Å². The Kier molecular flexibility index (Phi) is 4.09. The third-order valence-electron chi connectivity index (χ3n) is 3.73. The van der Waals surface area contributed by atoms with Crippen LogP contribution in [0.4, 0.5) is 5.82 Å². The zero-order valence-corrected chi connectivity index (χ0v) is 12.9. The smallest absolute Gasteiger partial charge is 0.289 e. The van der Waals surface area contributed by atoms with Crippen LogP contribution in [0.15, 0.2) is 29.1 Å². The average Bonchev–Trinajstić information content (AvgIpc) is 2.93. The minimum Gasteiger partial charge on any atom is -0.459 e. The van der Waals surface area contributed by atoms with Gasteiger partial charge in [-0.3, -0.25) is 4.79 Å². The number of nitrogens with one attached hydrogen (secondary N) is 1. The highest BCUT2D eigenvalue weighted by Gasteiger charge is 2.23. The molecule has 3 rings (SSSR count). The second-order valence-electron chi connectivity index (χ2n) is 5.72. The molecule has 1 amide bonds. The lowest BCUT2D eigenvalue weighted by molar-refractivity contribution is 0.0731. The van der Waals surface area contributed by atoms with Crippen molar-refractivity contribution in [3.05, 3.63) is 41.7 Å². The van der Waals surface area contributed by atoms with Crippen molar-refractivity contribution in [2.75, 3.05) is 18.4 Å². The van der Waals surface area contributed by atoms with E-state index in [0.717, 1.165) is 29.9 Å². The topological polar surface area (TPSA) is 71.3 Å². The maximum atomic E-state index is 12.4. The molecule has 0 saturated heterocycles. The molecule has 0 bridgehead atoms. The number of amides is 1. The lowest BCUT2D eigenvalue weighted by Gasteiger charge is -2.18. The highest BCUT2D eigenvalue weighted by Crippen LogP contribution is 2.21. The Bertz CT molecular complexity index is 652. The molecule has 0 atom stereocenters. The summed E-state index contributed by atoms with van der Waals surface area (Å²) in [4.78, 5) is 23.0. The molecule has 2 aromatic heterocycles. The molecule has 1 aliphatic rings. The molecule has 1 N–H and O–H groups in total. The van der Waals surface area contributed by atoms with Gasteiger partial charge in [0.2, 0.25) is 0 Å². The summed E-state index contributed by atoms with van der Waals surface area (Å²) in [5.74, 6) is 1.20. The SMILES string of the molecule is CC(C)Nc1ncnc2c1CCN(C(=O)c1ccco1)CC2. The Morgan fingerprint density at radius 3 is 2.86 bits per heavy atom. The van der Waals surface area contributed by atoms with Gasteiger partial charge in [0.05, 0.1) is 12.0 Å². The lowest BCUT2D eigenvalue weighted by atomic mass is 10.1. The summed E-state index contributed by atoms with van der Waals surface area (Å²) in [7, 11) is 0. The van der Waals surface area contributed by atoms with E-state index in [1.54, 1.807) is 18.5 Å². The number of hydrogen-bond acceptors (Lipinski definition) is 5. The van der Waals surface area contributed by atoms with Crippen LogP contribution in [0.5, 0.6) is 0 Å². The van der Waals surface area contributed by atoms with Crippen molar-refractivity contribution in [3.8, 4) is 0 Å². The van der Waals surface area contributed by atoms with Crippen molar-refractivity contribution < 1.29 is 9.21 Å². The molecule has 0 radical (unpaired) electrons. The summed E-state index contributed by atoms with van der Waals surface area (Å²) >= 11 is 0. The molecule has 3 heterocycles. The fourth-order valence-corrected chi connectivity index (χ4v) is 2.68. The van der Waals surface area contributed by atoms with E-state index in [0.29, 0.717) is 24.9 Å². The van der Waals surface area contributed by atoms with E-state index in [-0.39, 0.29) is 5.91 Å². The minimum atomic E-state index is -0.0656. The first-order valence-electron chi connectivity index (χ1n) is 7.57. The molecule has 0 aromatic carbocycles. The number of rotatable bonds is 3. The van der Waals surface area contributed by atoms with E-state index < -0.39 is 0 Å². The fourth-order valence-electron chi connectivity index (χ4n) is 2.68. The number of hydrogen-bond donors (Lipinski definition) is 1. The van der Waals surface area contributed by atoms with Crippen LogP contribution < -0.4 is 5.32 Å². The third-order valence-corrected chi connectivity index (χ3v) is 3.73. The first kappa shape index (κ1) is 14.6. The lowest BCUT2D eigenvalue weighted by Crippen LogP contribution is -2.33. The molecule has 6 nitrogen and oxygen atoms in total. The van der Waals surface area contributed by atoms with Crippen LogP contribution in [-0.4, -0.2) is 39.9 Å². The van der Waals surface area contributed by atoms with Gasteiger partial charge in [-0.2, -0.15) is 0 Å². The Morgan fingerprint density at radius 2 is 2.14 bits per heavy atom. The van der Waals surface area contributed by atoms with Gasteiger partial charge in [-0.25, -0.2) is 9.97 Å². The predicted octanol–water partition coefficient (Wildman–Crippen LogP) is 2.13. The molecule has 0 saturated carbocycles. The highest BCUT2D eigenvalue weighted by molar-refractivity contribution is 5.91. The normalized spacial score (nSPS) is 14.6. The first-order valence-corrected chi connectivity index (χ1v) is 7.57. The molecule has 1 aliphatic heterocycles. The average molecular weight is 300 g/mol. The molecule has 0 fully saturated rings. The van der Waals surface area contributed by atoms with Crippen molar-refractivity contribution >= 4 is 11.7 Å². The van der Waals surface area contributed by atoms with Gasteiger partial charge < -0.3 is 14.6 Å². The van der Waals surface area contributed by atoms with Crippen LogP contribution in [0.3, 0.4) is 0 Å². The van der Waals surface area contributed by atoms with Crippen LogP contribution in [0.2, 0.25) is 0 Å². The summed E-state index contributed by atoms with van der Waals surface area (Å²) in [6.07, 6.45) is 4.60. The van der Waals surface area contributed by atoms with Gasteiger partial charge in [0, 0.05) is 31.1 Å². The Hall–Kier alpha value is -2.37. The number of nitrogens with zero attached hydrogens (tertiary/aromatic N) is 3. The first-order chi connectivity index (χ1) is 10.6. The van der Waals surface area contributed by atoms with Crippen molar-refractivity contribution in [2.24, 2.45) is 0 Å². The van der Waals surface area contributed by atoms with E-state index in [1.807, 2.05) is 4.90 Å². The van der Waals surface area contributed by atoms with Crippen molar-refractivity contribution in [1.82, 2.24) is 14.9 Å². The molecular formula is C16H20N4O2. The Labute approximate surface area is 129 Å². The molecule has 0 aliphatic carbocycles. The molecule has 0 spiro atoms. The van der Waals surface area contributed by atoms with Gasteiger partial charge >= 0.3 is 0 Å². The zero-order valence-electron chi connectivity index (χ0n) is 12.9. The van der Waals surface area contributed by atoms with Gasteiger partial charge in [0.15, 0.2) is 5.76 Å². The Morgan fingerprint density at radius 1 is 1.32 bits per heavy atom. The predicted molar refractivity (Wildman–Crippen MR) is 82.8 cm³/mol. The summed E-state index contributed by atoms with van der Waals surface area (Å²) < 4.78 is 5.21. The second-order valence-corrected chi connectivity index (χ2v) is 5.72. The highest BCUT2D eigenvalue weighted by atomic mass is 16.3. The maximum absolute atomic E-state index is 12.4. The number of furan rings is 1. The van der Waals surface area contributed by atoms with Gasteiger partial charge in [-0.1, -0.05) is 0 Å². The summed E-state index contributed by atoms with van der Waals surface area (Å²) in [5.41, 5.74) is 2.14. The van der Waals surface area contributed by atoms with Crippen LogP contribution in [0.25, 0.3) is 0 Å². The van der Waals surface area contributed by atoms with Gasteiger partial charge in [0.1, 0.15) is 12.1 Å². The van der Waals surface area contributed by atoms with Gasteiger partial charge in [0.25, 0.3) is 5.91 Å². The number of aromatic nitrogens is 2. The Balaban J connectivity index is 1.79. The fraction of sp³-hybridized carbons (Fsp3) is 0.438. The quantitative estimate of drug-likeness (QED) is 0.940. The molecule has 22 heavy (non-hydrogen) atoms. The molecule has 0 unspecified atom stereocenters. The maximum Gasteiger partial charge on any atom is 0.289 e. The number of carbonyl (C=O) groups is 1. The van der Waals surface area contributed by atoms with E-state index in [4.69, 9.17) is 4.42 Å². The minimum absolute atomic E-state index is 0.0656. The monoisotopic (exact) mass is 300 g/mol. The number of carbonyl (C=O) groups excluding carboxylic acids is 1. The number of fused-ring (bicyclic) bond motifs is 1. The second kappa shape index (κ2) is 6.17. The van der Waals surface area contributed by atoms with Crippen molar-refractivity contribution in [3.63, 3.8) is 0 Å². The van der Waals surface area contributed by atoms with Crippen LogP contribution in [0.1, 0.15) is 35.7 Å². The molecule has 2 aromatic rings. The van der Waals surface area contributed by atoms with E-state index in [1.165, 1.54) is 6.26 Å². The number of anilines is 1. The van der Waals surface area contributed by atoms with Crippen molar-refractivity contribution in [1.29, 1.82) is 0 Å². The van der Waals surface area contributed by atoms with E-state index in [9.17, 15) is 4.79 Å². The van der Waals surface area contributed by atoms with Gasteiger partial charge in [-0.15, -0.1) is 0 Å². The van der Waals surface area contributed by atoms with E-state index >= 15 is 0 Å². The van der Waals surface area contributed by atoms with Gasteiger partial charge in [-0.05, 0) is 32.4 Å².